The molecule has 0 aromatic carbocycles. The molecule has 132 valence electrons. The number of anilines is 1. The van der Waals surface area contributed by atoms with Gasteiger partial charge in [-0.3, -0.25) is 4.79 Å². The second kappa shape index (κ2) is 7.65. The van der Waals surface area contributed by atoms with Crippen LogP contribution >= 0.6 is 0 Å². The lowest BCUT2D eigenvalue weighted by molar-refractivity contribution is 0.111. The standard InChI is InChI=1S/C16H25N5O3/c1-20-8-6-17-14(15(20)22)21-7-2-4-12(11-21)19-16(23)18-10-13-5-3-9-24-13/h6,8,12-13H,2-5,7,9-11H2,1H3,(H2,18,19,23). The third-order valence-corrected chi connectivity index (χ3v) is 4.57. The summed E-state index contributed by atoms with van der Waals surface area (Å²) in [5.74, 6) is 0.450. The Morgan fingerprint density at radius 1 is 1.42 bits per heavy atom. The van der Waals surface area contributed by atoms with Crippen molar-refractivity contribution in [2.24, 2.45) is 7.05 Å². The predicted octanol–water partition coefficient (Wildman–Crippen LogP) is 0.227. The number of nitrogens with zero attached hydrogens (tertiary/aromatic N) is 3. The van der Waals surface area contributed by atoms with Crippen LogP contribution in [0.2, 0.25) is 0 Å². The number of aromatic nitrogens is 2. The molecule has 2 aliphatic heterocycles. The highest BCUT2D eigenvalue weighted by molar-refractivity contribution is 5.74. The van der Waals surface area contributed by atoms with Crippen molar-refractivity contribution in [1.29, 1.82) is 0 Å². The summed E-state index contributed by atoms with van der Waals surface area (Å²) in [6.45, 7) is 2.70. The van der Waals surface area contributed by atoms with Gasteiger partial charge in [-0.1, -0.05) is 0 Å². The number of piperidine rings is 1. The number of carbonyl (C=O) groups excluding carboxylic acids is 1. The molecule has 2 aliphatic rings. The first-order valence-electron chi connectivity index (χ1n) is 8.56. The minimum absolute atomic E-state index is 0.00922. The minimum atomic E-state index is -0.175. The maximum Gasteiger partial charge on any atom is 0.315 e. The molecule has 1 aromatic heterocycles. The molecule has 2 fully saturated rings. The van der Waals surface area contributed by atoms with Gasteiger partial charge in [0.1, 0.15) is 0 Å². The summed E-state index contributed by atoms with van der Waals surface area (Å²) in [5, 5.41) is 5.86. The van der Waals surface area contributed by atoms with E-state index in [2.05, 4.69) is 15.6 Å². The van der Waals surface area contributed by atoms with Gasteiger partial charge in [0.05, 0.1) is 6.10 Å². The highest BCUT2D eigenvalue weighted by Gasteiger charge is 2.24. The van der Waals surface area contributed by atoms with Crippen molar-refractivity contribution >= 4 is 11.8 Å². The fourth-order valence-electron chi connectivity index (χ4n) is 3.24. The Balaban J connectivity index is 1.52. The lowest BCUT2D eigenvalue weighted by Crippen LogP contribution is -2.52. The van der Waals surface area contributed by atoms with E-state index in [1.165, 1.54) is 4.57 Å². The maximum absolute atomic E-state index is 12.2. The van der Waals surface area contributed by atoms with E-state index in [0.717, 1.165) is 38.8 Å². The van der Waals surface area contributed by atoms with Crippen LogP contribution in [0.15, 0.2) is 17.2 Å². The monoisotopic (exact) mass is 335 g/mol. The van der Waals surface area contributed by atoms with Crippen LogP contribution in [0.4, 0.5) is 10.6 Å². The van der Waals surface area contributed by atoms with Crippen molar-refractivity contribution < 1.29 is 9.53 Å². The van der Waals surface area contributed by atoms with Gasteiger partial charge in [0.15, 0.2) is 5.82 Å². The van der Waals surface area contributed by atoms with Gasteiger partial charge in [-0.15, -0.1) is 0 Å². The number of hydrogen-bond donors (Lipinski definition) is 2. The second-order valence-corrected chi connectivity index (χ2v) is 6.44. The van der Waals surface area contributed by atoms with E-state index in [0.29, 0.717) is 18.9 Å². The topological polar surface area (TPSA) is 88.5 Å². The lowest BCUT2D eigenvalue weighted by Gasteiger charge is -2.33. The van der Waals surface area contributed by atoms with E-state index in [-0.39, 0.29) is 23.7 Å². The summed E-state index contributed by atoms with van der Waals surface area (Å²) in [4.78, 5) is 30.4. The first kappa shape index (κ1) is 16.8. The molecule has 3 heterocycles. The number of ether oxygens (including phenoxy) is 1. The van der Waals surface area contributed by atoms with Gasteiger partial charge in [0, 0.05) is 51.7 Å². The first-order chi connectivity index (χ1) is 11.6. The highest BCUT2D eigenvalue weighted by atomic mass is 16.5. The quantitative estimate of drug-likeness (QED) is 0.822. The van der Waals surface area contributed by atoms with Gasteiger partial charge in [0.25, 0.3) is 5.56 Å². The van der Waals surface area contributed by atoms with Crippen molar-refractivity contribution in [3.8, 4) is 0 Å². The first-order valence-corrected chi connectivity index (χ1v) is 8.56. The molecule has 2 saturated heterocycles. The van der Waals surface area contributed by atoms with Crippen LogP contribution < -0.4 is 21.1 Å². The van der Waals surface area contributed by atoms with E-state index >= 15 is 0 Å². The maximum atomic E-state index is 12.2. The molecule has 0 bridgehead atoms. The smallest absolute Gasteiger partial charge is 0.315 e. The number of rotatable bonds is 4. The fourth-order valence-corrected chi connectivity index (χ4v) is 3.24. The summed E-state index contributed by atoms with van der Waals surface area (Å²) in [5.41, 5.74) is -0.110. The number of urea groups is 1. The zero-order chi connectivity index (χ0) is 16.9. The zero-order valence-corrected chi connectivity index (χ0v) is 14.0. The summed E-state index contributed by atoms with van der Waals surface area (Å²) in [7, 11) is 1.71. The molecule has 0 saturated carbocycles. The number of nitrogens with one attached hydrogen (secondary N) is 2. The van der Waals surface area contributed by atoms with Crippen LogP contribution in [-0.2, 0) is 11.8 Å². The van der Waals surface area contributed by atoms with E-state index in [9.17, 15) is 9.59 Å². The second-order valence-electron chi connectivity index (χ2n) is 6.44. The number of amides is 2. The van der Waals surface area contributed by atoms with Gasteiger partial charge >= 0.3 is 6.03 Å². The third kappa shape index (κ3) is 4.05. The van der Waals surface area contributed by atoms with Crippen LogP contribution in [0.1, 0.15) is 25.7 Å². The summed E-state index contributed by atoms with van der Waals surface area (Å²) >= 11 is 0. The summed E-state index contributed by atoms with van der Waals surface area (Å²) in [6, 6.07) is -0.166. The van der Waals surface area contributed by atoms with E-state index in [4.69, 9.17) is 4.74 Å². The molecule has 0 radical (unpaired) electrons. The van der Waals surface area contributed by atoms with Crippen LogP contribution in [0.5, 0.6) is 0 Å². The highest BCUT2D eigenvalue weighted by Crippen LogP contribution is 2.14. The third-order valence-electron chi connectivity index (χ3n) is 4.57. The van der Waals surface area contributed by atoms with Gasteiger partial charge < -0.3 is 24.8 Å². The van der Waals surface area contributed by atoms with Crippen LogP contribution in [0.3, 0.4) is 0 Å². The summed E-state index contributed by atoms with van der Waals surface area (Å²) in [6.07, 6.45) is 7.28. The fraction of sp³-hybridized carbons (Fsp3) is 0.688. The molecule has 2 N–H and O–H groups in total. The SMILES string of the molecule is Cn1ccnc(N2CCCC(NC(=O)NCC3CCCO3)C2)c1=O. The molecule has 0 spiro atoms. The molecule has 1 aromatic rings. The van der Waals surface area contributed by atoms with E-state index in [1.54, 1.807) is 19.4 Å². The predicted molar refractivity (Wildman–Crippen MR) is 90.2 cm³/mol. The Bertz CT molecular complexity index is 626. The lowest BCUT2D eigenvalue weighted by atomic mass is 10.1. The molecule has 8 heteroatoms. The molecule has 3 rings (SSSR count). The van der Waals surface area contributed by atoms with Crippen molar-refractivity contribution in [3.05, 3.63) is 22.7 Å². The molecule has 2 unspecified atom stereocenters. The van der Waals surface area contributed by atoms with E-state index < -0.39 is 0 Å². The van der Waals surface area contributed by atoms with Crippen LogP contribution in [0.25, 0.3) is 0 Å². The normalized spacial score (nSPS) is 24.0. The Morgan fingerprint density at radius 3 is 3.08 bits per heavy atom. The van der Waals surface area contributed by atoms with Crippen molar-refractivity contribution in [2.75, 3.05) is 31.1 Å². The largest absolute Gasteiger partial charge is 0.376 e. The van der Waals surface area contributed by atoms with Gasteiger partial charge in [-0.25, -0.2) is 9.78 Å². The van der Waals surface area contributed by atoms with Crippen molar-refractivity contribution in [2.45, 2.75) is 37.8 Å². The Labute approximate surface area is 141 Å². The number of hydrogen-bond acceptors (Lipinski definition) is 5. The molecular weight excluding hydrogens is 310 g/mol. The average molecular weight is 335 g/mol. The molecule has 2 amide bonds. The number of aryl methyl sites for hydroxylation is 1. The molecule has 2 atom stereocenters. The Morgan fingerprint density at radius 2 is 2.29 bits per heavy atom. The van der Waals surface area contributed by atoms with E-state index in [1.807, 2.05) is 4.90 Å². The minimum Gasteiger partial charge on any atom is -0.376 e. The molecule has 8 nitrogen and oxygen atoms in total. The summed E-state index contributed by atoms with van der Waals surface area (Å²) < 4.78 is 7.02. The van der Waals surface area contributed by atoms with Crippen LogP contribution in [-0.4, -0.2) is 54.0 Å². The molecular formula is C16H25N5O3. The zero-order valence-electron chi connectivity index (χ0n) is 14.0. The van der Waals surface area contributed by atoms with Gasteiger partial charge in [-0.2, -0.15) is 0 Å². The van der Waals surface area contributed by atoms with Crippen molar-refractivity contribution in [3.63, 3.8) is 0 Å². The molecule has 0 aliphatic carbocycles. The van der Waals surface area contributed by atoms with Crippen molar-refractivity contribution in [1.82, 2.24) is 20.2 Å². The van der Waals surface area contributed by atoms with Gasteiger partial charge in [0.2, 0.25) is 0 Å². The molecule has 24 heavy (non-hydrogen) atoms. The van der Waals surface area contributed by atoms with Gasteiger partial charge in [-0.05, 0) is 25.7 Å². The Hall–Kier alpha value is -2.09. The Kier molecular flexibility index (Phi) is 5.34. The average Bonchev–Trinajstić information content (AvgIpc) is 3.09. The van der Waals surface area contributed by atoms with Crippen LogP contribution in [0, 0.1) is 0 Å². The number of carbonyl (C=O) groups is 1.